The molecule has 0 bridgehead atoms. The van der Waals surface area contributed by atoms with Crippen LogP contribution in [0.25, 0.3) is 28.3 Å². The minimum absolute atomic E-state index is 0.0382. The van der Waals surface area contributed by atoms with Crippen molar-refractivity contribution in [1.82, 2.24) is 50.0 Å². The summed E-state index contributed by atoms with van der Waals surface area (Å²) in [7, 11) is 0. The van der Waals surface area contributed by atoms with Gasteiger partial charge in [0.1, 0.15) is 18.8 Å². The number of rotatable bonds is 25. The van der Waals surface area contributed by atoms with Gasteiger partial charge in [-0.15, -0.1) is 0 Å². The van der Waals surface area contributed by atoms with Crippen molar-refractivity contribution in [2.24, 2.45) is 17.6 Å². The van der Waals surface area contributed by atoms with E-state index >= 15 is 0 Å². The lowest BCUT2D eigenvalue weighted by Gasteiger charge is -2.24. The number of fused-ring (bicyclic) bond motifs is 1. The molecule has 2 atom stereocenters. The van der Waals surface area contributed by atoms with Gasteiger partial charge in [-0.1, -0.05) is 62.2 Å². The van der Waals surface area contributed by atoms with Crippen LogP contribution in [-0.2, 0) is 48.4 Å². The number of hydrogen-bond acceptors (Lipinski definition) is 12. The van der Waals surface area contributed by atoms with Crippen LogP contribution < -0.4 is 21.7 Å². The number of pyridine rings is 2. The van der Waals surface area contributed by atoms with Crippen LogP contribution in [-0.4, -0.2) is 100 Å². The number of anilines is 1. The molecule has 0 aliphatic carbocycles. The fourth-order valence-electron chi connectivity index (χ4n) is 8.38. The molecule has 0 saturated heterocycles. The number of imide groups is 1. The first-order chi connectivity index (χ1) is 35.6. The second kappa shape index (κ2) is 25.4. The van der Waals surface area contributed by atoms with Gasteiger partial charge >= 0.3 is 12.1 Å². The lowest BCUT2D eigenvalue weighted by Crippen LogP contribution is -2.45. The average molecular weight is 1030 g/mol. The van der Waals surface area contributed by atoms with Gasteiger partial charge in [-0.3, -0.25) is 38.8 Å². The summed E-state index contributed by atoms with van der Waals surface area (Å²) in [6, 6.07) is 21.8. The number of carbonyl (C=O) groups is 7. The highest BCUT2D eigenvalue weighted by Gasteiger charge is 2.30. The predicted molar refractivity (Wildman–Crippen MR) is 276 cm³/mol. The first kappa shape index (κ1) is 53.5. The van der Waals surface area contributed by atoms with Crippen LogP contribution in [0, 0.1) is 18.8 Å². The summed E-state index contributed by atoms with van der Waals surface area (Å²) < 4.78 is 7.55. The maximum absolute atomic E-state index is 14.0. The summed E-state index contributed by atoms with van der Waals surface area (Å²) in [5, 5.41) is 13.1. The molecule has 386 valence electrons. The highest BCUT2D eigenvalue weighted by molar-refractivity contribution is 6.30. The van der Waals surface area contributed by atoms with Crippen LogP contribution in [0.4, 0.5) is 15.3 Å². The molecule has 74 heavy (non-hydrogen) atoms. The third kappa shape index (κ3) is 14.9. The topological polar surface area (TPSA) is 269 Å². The molecule has 20 nitrogen and oxygen atoms in total. The second-order valence-electron chi connectivity index (χ2n) is 18.3. The van der Waals surface area contributed by atoms with Crippen molar-refractivity contribution in [1.29, 1.82) is 0 Å². The summed E-state index contributed by atoms with van der Waals surface area (Å²) in [4.78, 5) is 110. The quantitative estimate of drug-likeness (QED) is 0.0285. The minimum Gasteiger partial charge on any atom is -0.445 e. The Kier molecular flexibility index (Phi) is 18.4. The van der Waals surface area contributed by atoms with Crippen LogP contribution in [0.3, 0.4) is 0 Å². The van der Waals surface area contributed by atoms with Gasteiger partial charge in [-0.25, -0.2) is 24.1 Å². The van der Waals surface area contributed by atoms with Gasteiger partial charge in [0, 0.05) is 78.7 Å². The SMILES string of the molecule is Cc1cccc(-c2[nH]c(CN(Cc3ccc(Cl)cc3)C(=O)OCc3ccc(NC(=O)[C@H](CCCNC(N)=O)CC(=O)[C@@H](NC(=O)CCCCCN4C(=O)C=CC4=O)C(C)C)cc3)nc2-c2ccc3ncnn3c2)n1. The molecule has 0 saturated carbocycles. The van der Waals surface area contributed by atoms with Crippen LogP contribution in [0.5, 0.6) is 0 Å². The van der Waals surface area contributed by atoms with Crippen molar-refractivity contribution in [3.63, 3.8) is 0 Å². The van der Waals surface area contributed by atoms with Crippen molar-refractivity contribution < 1.29 is 38.3 Å². The van der Waals surface area contributed by atoms with Gasteiger partial charge in [-0.05, 0) is 98.2 Å². The summed E-state index contributed by atoms with van der Waals surface area (Å²) in [5.74, 6) is -2.41. The molecule has 5 heterocycles. The van der Waals surface area contributed by atoms with E-state index in [1.807, 2.05) is 55.6 Å². The lowest BCUT2D eigenvalue weighted by molar-refractivity contribution is -0.137. The number of ether oxygens (including phenoxy) is 1. The summed E-state index contributed by atoms with van der Waals surface area (Å²) in [6.07, 6.45) is 7.31. The molecule has 1 aliphatic heterocycles. The van der Waals surface area contributed by atoms with E-state index in [0.29, 0.717) is 70.5 Å². The van der Waals surface area contributed by atoms with Crippen LogP contribution in [0.15, 0.2) is 104 Å². The van der Waals surface area contributed by atoms with E-state index in [9.17, 15) is 33.6 Å². The number of Topliss-reactive ketones (excluding diaryl/α,β-unsaturated/α-hetero) is 1. The number of primary amides is 1. The molecule has 21 heteroatoms. The van der Waals surface area contributed by atoms with Crippen molar-refractivity contribution in [3.8, 4) is 22.6 Å². The molecule has 7 rings (SSSR count). The number of aryl methyl sites for hydroxylation is 1. The van der Waals surface area contributed by atoms with Gasteiger partial charge < -0.3 is 31.4 Å². The molecule has 0 unspecified atom stereocenters. The number of amides is 7. The fraction of sp³-hybridized carbons (Fsp3) is 0.340. The van der Waals surface area contributed by atoms with Gasteiger partial charge in [0.2, 0.25) is 11.8 Å². The van der Waals surface area contributed by atoms with Gasteiger partial charge in [0.25, 0.3) is 11.8 Å². The Bertz CT molecular complexity index is 2990. The summed E-state index contributed by atoms with van der Waals surface area (Å²) in [6.45, 7) is 6.07. The lowest BCUT2D eigenvalue weighted by atomic mass is 9.89. The Balaban J connectivity index is 0.984. The smallest absolute Gasteiger partial charge is 0.410 e. The number of imidazole rings is 1. The number of nitrogens with one attached hydrogen (secondary N) is 4. The zero-order valence-corrected chi connectivity index (χ0v) is 42.1. The maximum Gasteiger partial charge on any atom is 0.410 e. The normalized spacial score (nSPS) is 13.0. The molecule has 0 fully saturated rings. The number of hydrogen-bond donors (Lipinski definition) is 5. The van der Waals surface area contributed by atoms with Gasteiger partial charge in [-0.2, -0.15) is 5.10 Å². The molecular weight excluding hydrogens is 968 g/mol. The first-order valence-electron chi connectivity index (χ1n) is 24.4. The number of aromatic amines is 1. The molecular formula is C53H59ClN12O8. The number of ketones is 1. The number of benzene rings is 2. The standard InChI is InChI=1S/C53H59ClN12O8/c1-33(2)48(63-45(68)12-5-4-6-26-65-46(69)23-24-47(65)70)42(67)27-37(10-8-25-56-52(55)72)51(71)60-40-20-15-36(16-21-40)31-74-53(73)64(28-35-13-18-39(54)19-14-35)30-43-61-49(38-17-22-44-57-32-58-66(44)29-38)50(62-43)41-11-7-9-34(3)59-41/h7,9,11,13-24,29,32-33,37,48H,4-6,8,10,12,25-28,30-31H2,1-3H3,(H,60,71)(H,61,62)(H,63,68)(H3,55,56,72)/t37-,48+/m1/s1. The predicted octanol–water partition coefficient (Wildman–Crippen LogP) is 7.07. The van der Waals surface area contributed by atoms with E-state index in [1.165, 1.54) is 23.4 Å². The average Bonchev–Trinajstić information content (AvgIpc) is 4.12. The molecule has 0 radical (unpaired) electrons. The maximum atomic E-state index is 14.0. The minimum atomic E-state index is -0.858. The largest absolute Gasteiger partial charge is 0.445 e. The molecule has 7 amide bonds. The summed E-state index contributed by atoms with van der Waals surface area (Å²) in [5.41, 5.74) is 11.3. The highest BCUT2D eigenvalue weighted by Crippen LogP contribution is 2.30. The Labute approximate surface area is 432 Å². The van der Waals surface area contributed by atoms with E-state index in [0.717, 1.165) is 21.7 Å². The molecule has 2 aromatic carbocycles. The number of H-pyrrole nitrogens is 1. The Morgan fingerprint density at radius 2 is 1.61 bits per heavy atom. The zero-order chi connectivity index (χ0) is 52.7. The molecule has 6 N–H and O–H groups in total. The summed E-state index contributed by atoms with van der Waals surface area (Å²) >= 11 is 6.20. The third-order valence-electron chi connectivity index (χ3n) is 12.3. The number of nitrogens with zero attached hydrogens (tertiary/aromatic N) is 7. The fourth-order valence-corrected chi connectivity index (χ4v) is 8.50. The molecule has 0 spiro atoms. The number of nitrogens with two attached hydrogens (primary N) is 1. The Morgan fingerprint density at radius 3 is 2.32 bits per heavy atom. The second-order valence-corrected chi connectivity index (χ2v) is 18.8. The first-order valence-corrected chi connectivity index (χ1v) is 24.8. The Morgan fingerprint density at radius 1 is 0.865 bits per heavy atom. The van der Waals surface area contributed by atoms with E-state index in [4.69, 9.17) is 32.0 Å². The number of carbonyl (C=O) groups excluding carboxylic acids is 7. The number of halogens is 1. The van der Waals surface area contributed by atoms with Crippen molar-refractivity contribution >= 4 is 64.5 Å². The van der Waals surface area contributed by atoms with Crippen molar-refractivity contribution in [2.45, 2.75) is 91.5 Å². The van der Waals surface area contributed by atoms with E-state index in [-0.39, 0.29) is 81.5 Å². The monoisotopic (exact) mass is 1030 g/mol. The van der Waals surface area contributed by atoms with E-state index in [1.54, 1.807) is 54.8 Å². The van der Waals surface area contributed by atoms with Gasteiger partial charge in [0.05, 0.1) is 29.7 Å². The number of urea groups is 1. The van der Waals surface area contributed by atoms with Crippen molar-refractivity contribution in [2.75, 3.05) is 18.4 Å². The van der Waals surface area contributed by atoms with Crippen LogP contribution >= 0.6 is 11.6 Å². The number of unbranched alkanes of at least 4 members (excludes halogenated alkanes) is 2. The molecule has 4 aromatic heterocycles. The highest BCUT2D eigenvalue weighted by atomic mass is 35.5. The van der Waals surface area contributed by atoms with E-state index < -0.39 is 30.0 Å². The molecule has 6 aromatic rings. The zero-order valence-electron chi connectivity index (χ0n) is 41.4. The number of aromatic nitrogens is 6. The third-order valence-corrected chi connectivity index (χ3v) is 12.5. The van der Waals surface area contributed by atoms with Crippen molar-refractivity contribution in [3.05, 3.63) is 131 Å². The van der Waals surface area contributed by atoms with Crippen LogP contribution in [0.2, 0.25) is 5.02 Å². The molecule has 1 aliphatic rings. The Hall–Kier alpha value is -8.26. The van der Waals surface area contributed by atoms with Crippen LogP contribution in [0.1, 0.15) is 81.4 Å². The van der Waals surface area contributed by atoms with E-state index in [2.05, 4.69) is 31.0 Å². The van der Waals surface area contributed by atoms with Gasteiger partial charge in [0.15, 0.2) is 11.4 Å².